The van der Waals surface area contributed by atoms with Gasteiger partial charge in [0.1, 0.15) is 0 Å². The summed E-state index contributed by atoms with van der Waals surface area (Å²) in [6.07, 6.45) is -1.16. The smallest absolute Gasteiger partial charge is 0.433 e. The fraction of sp³-hybridized carbons (Fsp3) is 0.688. The summed E-state index contributed by atoms with van der Waals surface area (Å²) in [5.41, 5.74) is -2.46. The monoisotopic (exact) mass is 363 g/mol. The first-order valence-corrected chi connectivity index (χ1v) is 8.10. The fourth-order valence-electron chi connectivity index (χ4n) is 2.35. The molecule has 0 aliphatic carbocycles. The van der Waals surface area contributed by atoms with Gasteiger partial charge in [-0.1, -0.05) is 12.8 Å². The summed E-state index contributed by atoms with van der Waals surface area (Å²) in [7, 11) is 0. The van der Waals surface area contributed by atoms with Crippen molar-refractivity contribution in [2.45, 2.75) is 64.6 Å². The second-order valence-electron chi connectivity index (χ2n) is 6.80. The molecule has 0 saturated heterocycles. The quantitative estimate of drug-likeness (QED) is 0.693. The van der Waals surface area contributed by atoms with E-state index in [-0.39, 0.29) is 13.0 Å². The zero-order chi connectivity index (χ0) is 19.3. The maximum atomic E-state index is 13.3. The SMILES string of the molecule is CC(C)(C)n1ncc(C(=O)NCCCCCCC(=O)O)c1C(F)(F)F. The van der Waals surface area contributed by atoms with E-state index in [9.17, 15) is 22.8 Å². The normalized spacial score (nSPS) is 12.2. The molecule has 1 aromatic rings. The van der Waals surface area contributed by atoms with Crippen LogP contribution >= 0.6 is 0 Å². The van der Waals surface area contributed by atoms with Crippen LogP contribution in [-0.4, -0.2) is 33.3 Å². The van der Waals surface area contributed by atoms with Gasteiger partial charge in [0.25, 0.3) is 5.91 Å². The predicted octanol–water partition coefficient (Wildman–Crippen LogP) is 3.42. The lowest BCUT2D eigenvalue weighted by Gasteiger charge is -2.23. The number of carboxylic acid groups (broad SMARTS) is 1. The molecule has 0 radical (unpaired) electrons. The minimum atomic E-state index is -4.69. The van der Waals surface area contributed by atoms with Gasteiger partial charge in [0.05, 0.1) is 17.3 Å². The Balaban J connectivity index is 2.64. The van der Waals surface area contributed by atoms with Crippen LogP contribution in [0.25, 0.3) is 0 Å². The summed E-state index contributed by atoms with van der Waals surface area (Å²) in [5.74, 6) is -1.67. The number of unbranched alkanes of at least 4 members (excludes halogenated alkanes) is 3. The van der Waals surface area contributed by atoms with Gasteiger partial charge in [0.2, 0.25) is 0 Å². The van der Waals surface area contributed by atoms with Crippen LogP contribution in [0.1, 0.15) is 68.9 Å². The van der Waals surface area contributed by atoms with Gasteiger partial charge in [0.15, 0.2) is 5.69 Å². The number of carbonyl (C=O) groups excluding carboxylic acids is 1. The van der Waals surface area contributed by atoms with E-state index >= 15 is 0 Å². The first-order valence-electron chi connectivity index (χ1n) is 8.10. The molecule has 1 heterocycles. The van der Waals surface area contributed by atoms with Gasteiger partial charge >= 0.3 is 12.1 Å². The number of rotatable bonds is 8. The Labute approximate surface area is 144 Å². The van der Waals surface area contributed by atoms with Gasteiger partial charge in [0, 0.05) is 13.0 Å². The van der Waals surface area contributed by atoms with E-state index in [1.54, 1.807) is 20.8 Å². The minimum Gasteiger partial charge on any atom is -0.481 e. The van der Waals surface area contributed by atoms with Gasteiger partial charge in [-0.15, -0.1) is 0 Å². The van der Waals surface area contributed by atoms with Crippen LogP contribution in [0.5, 0.6) is 0 Å². The number of nitrogens with zero attached hydrogens (tertiary/aromatic N) is 2. The van der Waals surface area contributed by atoms with E-state index in [2.05, 4.69) is 10.4 Å². The highest BCUT2D eigenvalue weighted by Gasteiger charge is 2.42. The summed E-state index contributed by atoms with van der Waals surface area (Å²) in [6.45, 7) is 4.96. The molecular formula is C16H24F3N3O3. The van der Waals surface area contributed by atoms with Crippen LogP contribution in [0.3, 0.4) is 0 Å². The molecule has 142 valence electrons. The van der Waals surface area contributed by atoms with E-state index in [0.717, 1.165) is 10.9 Å². The lowest BCUT2D eigenvalue weighted by Crippen LogP contribution is -2.32. The standard InChI is InChI=1S/C16H24F3N3O3/c1-15(2,3)22-13(16(17,18)19)11(10-21-22)14(25)20-9-7-5-4-6-8-12(23)24/h10H,4-9H2,1-3H3,(H,20,25)(H,23,24). The Morgan fingerprint density at radius 3 is 2.28 bits per heavy atom. The molecule has 6 nitrogen and oxygen atoms in total. The first kappa shape index (κ1) is 21.0. The number of carboxylic acids is 1. The lowest BCUT2D eigenvalue weighted by molar-refractivity contribution is -0.146. The van der Waals surface area contributed by atoms with Crippen molar-refractivity contribution in [3.05, 3.63) is 17.5 Å². The Hall–Kier alpha value is -2.06. The molecule has 2 N–H and O–H groups in total. The molecule has 0 fully saturated rings. The first-order chi connectivity index (χ1) is 11.4. The Bertz CT molecular complexity index is 604. The minimum absolute atomic E-state index is 0.0906. The number of alkyl halides is 3. The average Bonchev–Trinajstić information content (AvgIpc) is 2.90. The Morgan fingerprint density at radius 2 is 1.76 bits per heavy atom. The molecule has 9 heteroatoms. The van der Waals surface area contributed by atoms with Crippen LogP contribution in [0.15, 0.2) is 6.20 Å². The van der Waals surface area contributed by atoms with Crippen molar-refractivity contribution >= 4 is 11.9 Å². The number of nitrogens with one attached hydrogen (secondary N) is 1. The molecule has 1 rings (SSSR count). The third kappa shape index (κ3) is 6.39. The molecule has 0 atom stereocenters. The average molecular weight is 363 g/mol. The zero-order valence-corrected chi connectivity index (χ0v) is 14.6. The van der Waals surface area contributed by atoms with Crippen LogP contribution in [-0.2, 0) is 16.5 Å². The molecule has 25 heavy (non-hydrogen) atoms. The number of aromatic nitrogens is 2. The third-order valence-electron chi connectivity index (χ3n) is 3.52. The second-order valence-corrected chi connectivity index (χ2v) is 6.80. The number of hydrogen-bond acceptors (Lipinski definition) is 3. The maximum Gasteiger partial charge on any atom is 0.433 e. The van der Waals surface area contributed by atoms with E-state index < -0.39 is 34.8 Å². The molecule has 0 spiro atoms. The van der Waals surface area contributed by atoms with Crippen molar-refractivity contribution in [2.75, 3.05) is 6.54 Å². The van der Waals surface area contributed by atoms with E-state index in [0.29, 0.717) is 25.7 Å². The van der Waals surface area contributed by atoms with E-state index in [1.165, 1.54) is 0 Å². The van der Waals surface area contributed by atoms with Crippen molar-refractivity contribution in [1.82, 2.24) is 15.1 Å². The molecule has 0 aliphatic heterocycles. The summed E-state index contributed by atoms with van der Waals surface area (Å²) in [6, 6.07) is 0. The predicted molar refractivity (Wildman–Crippen MR) is 85.3 cm³/mol. The number of amides is 1. The molecule has 1 amide bonds. The lowest BCUT2D eigenvalue weighted by atomic mass is 10.1. The van der Waals surface area contributed by atoms with Crippen molar-refractivity contribution in [3.8, 4) is 0 Å². The number of halogens is 3. The van der Waals surface area contributed by atoms with Crippen LogP contribution in [0.2, 0.25) is 0 Å². The van der Waals surface area contributed by atoms with Crippen molar-refractivity contribution in [2.24, 2.45) is 0 Å². The molecular weight excluding hydrogens is 339 g/mol. The third-order valence-corrected chi connectivity index (χ3v) is 3.52. The van der Waals surface area contributed by atoms with Gasteiger partial charge in [-0.25, -0.2) is 0 Å². The summed E-state index contributed by atoms with van der Waals surface area (Å²) >= 11 is 0. The van der Waals surface area contributed by atoms with Crippen molar-refractivity contribution < 1.29 is 27.9 Å². The highest BCUT2D eigenvalue weighted by molar-refractivity contribution is 5.95. The molecule has 0 aromatic carbocycles. The summed E-state index contributed by atoms with van der Waals surface area (Å²) in [5, 5.41) is 14.7. The largest absolute Gasteiger partial charge is 0.481 e. The highest BCUT2D eigenvalue weighted by atomic mass is 19.4. The van der Waals surface area contributed by atoms with Crippen LogP contribution in [0.4, 0.5) is 13.2 Å². The van der Waals surface area contributed by atoms with Gasteiger partial charge in [-0.3, -0.25) is 14.3 Å². The van der Waals surface area contributed by atoms with Crippen molar-refractivity contribution in [3.63, 3.8) is 0 Å². The highest BCUT2D eigenvalue weighted by Crippen LogP contribution is 2.34. The van der Waals surface area contributed by atoms with Crippen LogP contribution in [0, 0.1) is 0 Å². The van der Waals surface area contributed by atoms with E-state index in [1.807, 2.05) is 0 Å². The second kappa shape index (κ2) is 8.35. The van der Waals surface area contributed by atoms with Crippen LogP contribution < -0.4 is 5.32 Å². The summed E-state index contributed by atoms with van der Waals surface area (Å²) in [4.78, 5) is 22.5. The maximum absolute atomic E-state index is 13.3. The van der Waals surface area contributed by atoms with E-state index in [4.69, 9.17) is 5.11 Å². The summed E-state index contributed by atoms with van der Waals surface area (Å²) < 4.78 is 40.8. The van der Waals surface area contributed by atoms with Gasteiger partial charge < -0.3 is 10.4 Å². The molecule has 0 unspecified atom stereocenters. The molecule has 0 saturated carbocycles. The molecule has 0 bridgehead atoms. The number of carbonyl (C=O) groups is 2. The fourth-order valence-corrected chi connectivity index (χ4v) is 2.35. The van der Waals surface area contributed by atoms with Crippen molar-refractivity contribution in [1.29, 1.82) is 0 Å². The zero-order valence-electron chi connectivity index (χ0n) is 14.6. The topological polar surface area (TPSA) is 84.2 Å². The van der Waals surface area contributed by atoms with Gasteiger partial charge in [-0.2, -0.15) is 18.3 Å². The number of hydrogen-bond donors (Lipinski definition) is 2. The Morgan fingerprint density at radius 1 is 1.16 bits per heavy atom. The number of aliphatic carboxylic acids is 1. The molecule has 0 aliphatic rings. The van der Waals surface area contributed by atoms with Gasteiger partial charge in [-0.05, 0) is 33.6 Å². The Kier molecular flexibility index (Phi) is 7.01. The molecule has 1 aromatic heterocycles.